The van der Waals surface area contributed by atoms with E-state index in [0.29, 0.717) is 13.1 Å². The van der Waals surface area contributed by atoms with Crippen LogP contribution in [-0.2, 0) is 21.4 Å². The van der Waals surface area contributed by atoms with Crippen LogP contribution in [0.25, 0.3) is 0 Å². The largest absolute Gasteiger partial charge is 0.399 e. The van der Waals surface area contributed by atoms with Crippen LogP contribution in [0.5, 0.6) is 0 Å². The molecule has 0 saturated carbocycles. The number of morpholine rings is 1. The molecule has 1 aromatic rings. The van der Waals surface area contributed by atoms with E-state index in [1.807, 2.05) is 32.0 Å². The second kappa shape index (κ2) is 7.58. The molecule has 1 aliphatic carbocycles. The van der Waals surface area contributed by atoms with Crippen molar-refractivity contribution in [2.45, 2.75) is 51.4 Å². The van der Waals surface area contributed by atoms with E-state index >= 15 is 0 Å². The Bertz CT molecular complexity index is 673. The number of aryl methyl sites for hydroxylation is 1. The summed E-state index contributed by atoms with van der Waals surface area (Å²) in [6.07, 6.45) is 2.54. The van der Waals surface area contributed by atoms with Crippen LogP contribution in [0.4, 0.5) is 5.69 Å². The summed E-state index contributed by atoms with van der Waals surface area (Å²) >= 11 is 0. The van der Waals surface area contributed by atoms with Gasteiger partial charge in [0.15, 0.2) is 0 Å². The molecule has 2 aliphatic rings. The minimum absolute atomic E-state index is 0. The maximum atomic E-state index is 12.8. The fourth-order valence-corrected chi connectivity index (χ4v) is 5.10. The highest BCUT2D eigenvalue weighted by molar-refractivity contribution is 7.87. The lowest BCUT2D eigenvalue weighted by atomic mass is 9.88. The van der Waals surface area contributed by atoms with Gasteiger partial charge in [-0.3, -0.25) is 0 Å². The lowest BCUT2D eigenvalue weighted by Gasteiger charge is -2.36. The Morgan fingerprint density at radius 1 is 1.25 bits per heavy atom. The van der Waals surface area contributed by atoms with E-state index in [9.17, 15) is 8.42 Å². The van der Waals surface area contributed by atoms with Gasteiger partial charge in [0.25, 0.3) is 10.2 Å². The molecule has 0 bridgehead atoms. The molecule has 3 unspecified atom stereocenters. The van der Waals surface area contributed by atoms with Gasteiger partial charge in [-0.15, -0.1) is 12.4 Å². The first kappa shape index (κ1) is 19.5. The smallest absolute Gasteiger partial charge is 0.280 e. The average molecular weight is 376 g/mol. The molecule has 24 heavy (non-hydrogen) atoms. The summed E-state index contributed by atoms with van der Waals surface area (Å²) in [5, 5.41) is 0. The molecule has 3 rings (SSSR count). The minimum atomic E-state index is -3.53. The highest BCUT2D eigenvalue weighted by Crippen LogP contribution is 2.32. The van der Waals surface area contributed by atoms with Gasteiger partial charge in [-0.1, -0.05) is 6.07 Å². The Morgan fingerprint density at radius 2 is 1.92 bits per heavy atom. The molecular formula is C16H26ClN3O3S. The van der Waals surface area contributed by atoms with E-state index in [1.54, 1.807) is 0 Å². The van der Waals surface area contributed by atoms with Crippen LogP contribution < -0.4 is 10.5 Å². The number of hydrogen-bond donors (Lipinski definition) is 2. The van der Waals surface area contributed by atoms with E-state index < -0.39 is 10.2 Å². The summed E-state index contributed by atoms with van der Waals surface area (Å²) in [5.41, 5.74) is 8.76. The van der Waals surface area contributed by atoms with Gasteiger partial charge < -0.3 is 10.5 Å². The van der Waals surface area contributed by atoms with E-state index in [-0.39, 0.29) is 30.7 Å². The summed E-state index contributed by atoms with van der Waals surface area (Å²) in [6, 6.07) is 5.55. The van der Waals surface area contributed by atoms with Gasteiger partial charge in [0.05, 0.1) is 12.2 Å². The van der Waals surface area contributed by atoms with E-state index in [0.717, 1.165) is 36.1 Å². The predicted octanol–water partition coefficient (Wildman–Crippen LogP) is 2.01. The third kappa shape index (κ3) is 4.21. The number of fused-ring (bicyclic) bond motifs is 1. The molecule has 136 valence electrons. The van der Waals surface area contributed by atoms with Crippen molar-refractivity contribution in [2.75, 3.05) is 18.8 Å². The van der Waals surface area contributed by atoms with Gasteiger partial charge in [-0.25, -0.2) is 0 Å². The first-order chi connectivity index (χ1) is 10.8. The highest BCUT2D eigenvalue weighted by atomic mass is 35.5. The number of nitrogens with zero attached hydrogens (tertiary/aromatic N) is 1. The number of ether oxygens (including phenoxy) is 1. The minimum Gasteiger partial charge on any atom is -0.399 e. The van der Waals surface area contributed by atoms with Crippen LogP contribution in [0.1, 0.15) is 43.9 Å². The van der Waals surface area contributed by atoms with Gasteiger partial charge in [-0.2, -0.15) is 17.4 Å². The lowest BCUT2D eigenvalue weighted by molar-refractivity contribution is -0.0444. The molecule has 8 heteroatoms. The number of rotatable bonds is 3. The quantitative estimate of drug-likeness (QED) is 0.791. The lowest BCUT2D eigenvalue weighted by Crippen LogP contribution is -2.52. The molecular weight excluding hydrogens is 350 g/mol. The molecule has 0 aromatic heterocycles. The molecule has 1 aliphatic heterocycles. The molecule has 1 heterocycles. The third-order valence-electron chi connectivity index (χ3n) is 4.50. The van der Waals surface area contributed by atoms with Crippen molar-refractivity contribution in [1.29, 1.82) is 0 Å². The van der Waals surface area contributed by atoms with Gasteiger partial charge >= 0.3 is 0 Å². The second-order valence-corrected chi connectivity index (χ2v) is 8.30. The van der Waals surface area contributed by atoms with Crippen molar-refractivity contribution in [3.8, 4) is 0 Å². The van der Waals surface area contributed by atoms with Crippen LogP contribution in [0.3, 0.4) is 0 Å². The van der Waals surface area contributed by atoms with Crippen molar-refractivity contribution in [3.05, 3.63) is 29.3 Å². The summed E-state index contributed by atoms with van der Waals surface area (Å²) < 4.78 is 35.5. The average Bonchev–Trinajstić information content (AvgIpc) is 2.45. The monoisotopic (exact) mass is 375 g/mol. The highest BCUT2D eigenvalue weighted by Gasteiger charge is 2.33. The topological polar surface area (TPSA) is 84.7 Å². The Labute approximate surface area is 150 Å². The molecule has 3 atom stereocenters. The predicted molar refractivity (Wildman–Crippen MR) is 97.4 cm³/mol. The van der Waals surface area contributed by atoms with E-state index in [4.69, 9.17) is 10.5 Å². The summed E-state index contributed by atoms with van der Waals surface area (Å²) in [7, 11) is -3.53. The first-order valence-electron chi connectivity index (χ1n) is 8.16. The van der Waals surface area contributed by atoms with Crippen molar-refractivity contribution in [2.24, 2.45) is 0 Å². The zero-order chi connectivity index (χ0) is 16.6. The number of nitrogens with two attached hydrogens (primary N) is 1. The van der Waals surface area contributed by atoms with Crippen LogP contribution >= 0.6 is 12.4 Å². The SMILES string of the molecule is CC1CN(S(=O)(=O)NC2CCCc3cc(N)ccc32)CC(C)O1.Cl. The number of hydrogen-bond acceptors (Lipinski definition) is 4. The fraction of sp³-hybridized carbons (Fsp3) is 0.625. The molecule has 0 radical (unpaired) electrons. The number of benzene rings is 1. The Morgan fingerprint density at radius 3 is 2.58 bits per heavy atom. The number of halogens is 1. The maximum Gasteiger partial charge on any atom is 0.280 e. The van der Waals surface area contributed by atoms with Crippen molar-refractivity contribution in [1.82, 2.24) is 9.03 Å². The molecule has 6 nitrogen and oxygen atoms in total. The zero-order valence-corrected chi connectivity index (χ0v) is 15.7. The van der Waals surface area contributed by atoms with Crippen LogP contribution in [-0.4, -0.2) is 38.0 Å². The van der Waals surface area contributed by atoms with Crippen LogP contribution in [0.15, 0.2) is 18.2 Å². The summed E-state index contributed by atoms with van der Waals surface area (Å²) in [4.78, 5) is 0. The molecule has 1 saturated heterocycles. The third-order valence-corrected chi connectivity index (χ3v) is 6.06. The summed E-state index contributed by atoms with van der Waals surface area (Å²) in [5.74, 6) is 0. The Kier molecular flexibility index (Phi) is 6.14. The summed E-state index contributed by atoms with van der Waals surface area (Å²) in [6.45, 7) is 4.58. The second-order valence-electron chi connectivity index (χ2n) is 6.60. The molecule has 0 amide bonds. The standard InChI is InChI=1S/C16H25N3O3S.ClH/c1-11-9-19(10-12(2)22-11)23(20,21)18-16-5-3-4-13-8-14(17)6-7-15(13)16;/h6-8,11-12,16,18H,3-5,9-10,17H2,1-2H3;1H. The Hall–Kier alpha value is -0.860. The van der Waals surface area contributed by atoms with Crippen molar-refractivity contribution in [3.63, 3.8) is 0 Å². The number of anilines is 1. The van der Waals surface area contributed by atoms with Gasteiger partial charge in [0, 0.05) is 24.8 Å². The normalized spacial score (nSPS) is 28.0. The first-order valence-corrected chi connectivity index (χ1v) is 9.60. The molecule has 0 spiro atoms. The van der Waals surface area contributed by atoms with Crippen molar-refractivity contribution < 1.29 is 13.2 Å². The van der Waals surface area contributed by atoms with E-state index in [2.05, 4.69) is 4.72 Å². The molecule has 1 aromatic carbocycles. The van der Waals surface area contributed by atoms with Gasteiger partial charge in [-0.05, 0) is 56.4 Å². The van der Waals surface area contributed by atoms with E-state index in [1.165, 1.54) is 4.31 Å². The van der Waals surface area contributed by atoms with Crippen LogP contribution in [0.2, 0.25) is 0 Å². The van der Waals surface area contributed by atoms with Crippen molar-refractivity contribution >= 4 is 28.3 Å². The number of nitrogens with one attached hydrogen (secondary N) is 1. The zero-order valence-electron chi connectivity index (χ0n) is 14.1. The van der Waals surface area contributed by atoms with Gasteiger partial charge in [0.1, 0.15) is 0 Å². The maximum absolute atomic E-state index is 12.8. The Balaban J connectivity index is 0.00000208. The number of nitrogen functional groups attached to an aromatic ring is 1. The van der Waals surface area contributed by atoms with Crippen LogP contribution in [0, 0.1) is 0 Å². The fourth-order valence-electron chi connectivity index (χ4n) is 3.54. The van der Waals surface area contributed by atoms with Gasteiger partial charge in [0.2, 0.25) is 0 Å². The molecule has 3 N–H and O–H groups in total. The molecule has 1 fully saturated rings.